The average Bonchev–Trinajstić information content (AvgIpc) is 3.18. The maximum atomic E-state index is 13.0. The number of nitrogens with zero attached hydrogens (tertiary/aromatic N) is 2. The molecular weight excluding hydrogens is 409 g/mol. The van der Waals surface area contributed by atoms with Gasteiger partial charge < -0.3 is 32.2 Å². The highest BCUT2D eigenvalue weighted by molar-refractivity contribution is 6.02. The Hall–Kier alpha value is -1.46. The monoisotopic (exact) mass is 439 g/mol. The number of aldehydes is 1. The molecule has 0 aromatic rings. The smallest absolute Gasteiger partial charge is 0.248 e. The molecule has 0 spiro atoms. The van der Waals surface area contributed by atoms with Gasteiger partial charge in [-0.05, 0) is 32.2 Å². The number of carbonyl (C=O) groups excluding carboxylic acids is 3. The number of hydrogen-bond donors (Lipinski definition) is 5. The summed E-state index contributed by atoms with van der Waals surface area (Å²) in [4.78, 5) is 42.6. The second-order valence-corrected chi connectivity index (χ2v) is 6.56. The molecule has 2 aliphatic heterocycles. The van der Waals surface area contributed by atoms with Gasteiger partial charge in [-0.3, -0.25) is 19.5 Å². The Morgan fingerprint density at radius 2 is 1.79 bits per heavy atom. The molecule has 0 aromatic heterocycles. The summed E-state index contributed by atoms with van der Waals surface area (Å²) in [5.74, 6) is -0.724. The molecule has 0 aromatic carbocycles. The molecule has 1 unspecified atom stereocenters. The van der Waals surface area contributed by atoms with Crippen LogP contribution in [0.25, 0.3) is 0 Å². The van der Waals surface area contributed by atoms with E-state index in [0.717, 1.165) is 24.4 Å². The van der Waals surface area contributed by atoms with Gasteiger partial charge in [-0.25, -0.2) is 0 Å². The van der Waals surface area contributed by atoms with Crippen molar-refractivity contribution in [3.05, 3.63) is 0 Å². The number of nitrogens with two attached hydrogens (primary N) is 2. The molecule has 2 rings (SSSR count). The van der Waals surface area contributed by atoms with Crippen LogP contribution in [0.3, 0.4) is 0 Å². The Kier molecular flexibility index (Phi) is 13.0. The van der Waals surface area contributed by atoms with E-state index in [9.17, 15) is 14.4 Å². The van der Waals surface area contributed by atoms with Crippen LogP contribution >= 0.6 is 24.8 Å². The Morgan fingerprint density at radius 1 is 1.11 bits per heavy atom. The highest BCUT2D eigenvalue weighted by Crippen LogP contribution is 2.15. The van der Waals surface area contributed by atoms with Crippen molar-refractivity contribution in [3.8, 4) is 0 Å². The molecule has 3 atom stereocenters. The van der Waals surface area contributed by atoms with Gasteiger partial charge in [0, 0.05) is 26.2 Å². The first-order valence-corrected chi connectivity index (χ1v) is 9.09. The van der Waals surface area contributed by atoms with Crippen LogP contribution in [0, 0.1) is 0 Å². The van der Waals surface area contributed by atoms with Gasteiger partial charge in [-0.2, -0.15) is 0 Å². The molecule has 2 fully saturated rings. The fraction of sp³-hybridized carbons (Fsp3) is 0.750. The van der Waals surface area contributed by atoms with Crippen LogP contribution < -0.4 is 27.4 Å². The third-order valence-corrected chi connectivity index (χ3v) is 4.61. The average molecular weight is 440 g/mol. The number of carbonyl (C=O) groups is 3. The zero-order chi connectivity index (χ0) is 18.9. The van der Waals surface area contributed by atoms with E-state index in [1.165, 1.54) is 0 Å². The number of piperazine rings is 1. The summed E-state index contributed by atoms with van der Waals surface area (Å²) in [6.45, 7) is 2.90. The Morgan fingerprint density at radius 3 is 2.32 bits per heavy atom. The van der Waals surface area contributed by atoms with Gasteiger partial charge >= 0.3 is 0 Å². The summed E-state index contributed by atoms with van der Waals surface area (Å²) in [6, 6.07) is -1.76. The molecule has 2 amide bonds. The van der Waals surface area contributed by atoms with Gasteiger partial charge in [0.05, 0.1) is 18.1 Å². The lowest BCUT2D eigenvalue weighted by atomic mass is 10.1. The van der Waals surface area contributed by atoms with Crippen molar-refractivity contribution in [2.45, 2.75) is 43.8 Å². The first-order chi connectivity index (χ1) is 12.5. The second-order valence-electron chi connectivity index (χ2n) is 6.56. The summed E-state index contributed by atoms with van der Waals surface area (Å²) in [6.07, 6.45) is 3.02. The molecule has 7 N–H and O–H groups in total. The maximum absolute atomic E-state index is 13.0. The molecule has 10 nitrogen and oxygen atoms in total. The van der Waals surface area contributed by atoms with E-state index < -0.39 is 18.1 Å². The van der Waals surface area contributed by atoms with Crippen LogP contribution in [0.2, 0.25) is 0 Å². The summed E-state index contributed by atoms with van der Waals surface area (Å²) in [5, 5.41) is 9.34. The molecule has 12 heteroatoms. The lowest BCUT2D eigenvalue weighted by molar-refractivity contribution is -0.152. The van der Waals surface area contributed by atoms with Crippen molar-refractivity contribution in [2.75, 3.05) is 32.7 Å². The minimum absolute atomic E-state index is 0. The van der Waals surface area contributed by atoms with Crippen LogP contribution in [0.1, 0.15) is 25.7 Å². The normalized spacial score (nSPS) is 22.1. The number of rotatable bonds is 8. The van der Waals surface area contributed by atoms with E-state index >= 15 is 0 Å². The van der Waals surface area contributed by atoms with Crippen molar-refractivity contribution in [2.24, 2.45) is 16.5 Å². The number of aliphatic imine (C=N–C) groups is 1. The number of amides is 2. The highest BCUT2D eigenvalue weighted by atomic mass is 35.5. The molecular formula is C16H31Cl2N7O3. The number of halogens is 2. The standard InChI is InChI=1S/C16H29N7O3.2ClH/c17-16(18)22-6-1-3-11(10-24)23(14(25)12-4-2-5-20-12)15(26)13-9-19-7-8-21-13;;/h10-13,19-21H,1-9H2,(H4,17,18,22);2*1H/t11-,12-,13?;;/m0../s1. The lowest BCUT2D eigenvalue weighted by Gasteiger charge is -2.33. The molecule has 0 saturated carbocycles. The fourth-order valence-electron chi connectivity index (χ4n) is 3.26. The van der Waals surface area contributed by atoms with Gasteiger partial charge in [0.25, 0.3) is 0 Å². The zero-order valence-electron chi connectivity index (χ0n) is 15.8. The molecule has 162 valence electrons. The minimum Gasteiger partial charge on any atom is -0.370 e. The van der Waals surface area contributed by atoms with Crippen molar-refractivity contribution >= 4 is 48.9 Å². The van der Waals surface area contributed by atoms with E-state index in [-0.39, 0.29) is 42.6 Å². The molecule has 2 heterocycles. The molecule has 28 heavy (non-hydrogen) atoms. The largest absolute Gasteiger partial charge is 0.370 e. The fourth-order valence-corrected chi connectivity index (χ4v) is 3.26. The van der Waals surface area contributed by atoms with Crippen molar-refractivity contribution in [3.63, 3.8) is 0 Å². The van der Waals surface area contributed by atoms with Crippen LogP contribution in [-0.2, 0) is 14.4 Å². The number of nitrogens with one attached hydrogen (secondary N) is 3. The minimum atomic E-state index is -0.824. The topological polar surface area (TPSA) is 155 Å². The van der Waals surface area contributed by atoms with Gasteiger partial charge in [0.2, 0.25) is 11.8 Å². The molecule has 0 bridgehead atoms. The summed E-state index contributed by atoms with van der Waals surface area (Å²) >= 11 is 0. The van der Waals surface area contributed by atoms with E-state index in [2.05, 4.69) is 20.9 Å². The molecule has 2 aliphatic rings. The highest BCUT2D eigenvalue weighted by Gasteiger charge is 2.38. The first kappa shape index (κ1) is 26.5. The quantitative estimate of drug-likeness (QED) is 0.0966. The number of hydrogen-bond acceptors (Lipinski definition) is 7. The number of imide groups is 1. The Balaban J connectivity index is 0.00000364. The third kappa shape index (κ3) is 7.51. The zero-order valence-corrected chi connectivity index (χ0v) is 17.4. The van der Waals surface area contributed by atoms with Gasteiger partial charge in [-0.15, -0.1) is 24.8 Å². The Labute approximate surface area is 177 Å². The van der Waals surface area contributed by atoms with E-state index in [1.807, 2.05) is 0 Å². The van der Waals surface area contributed by atoms with Crippen molar-refractivity contribution < 1.29 is 14.4 Å². The van der Waals surface area contributed by atoms with Crippen molar-refractivity contribution in [1.82, 2.24) is 20.9 Å². The van der Waals surface area contributed by atoms with Crippen LogP contribution in [0.4, 0.5) is 0 Å². The van der Waals surface area contributed by atoms with Gasteiger partial charge in [0.1, 0.15) is 6.29 Å². The predicted octanol–water partition coefficient (Wildman–Crippen LogP) is -1.88. The van der Waals surface area contributed by atoms with E-state index in [4.69, 9.17) is 11.5 Å². The Bertz CT molecular complexity index is 534. The lowest BCUT2D eigenvalue weighted by Crippen LogP contribution is -2.61. The summed E-state index contributed by atoms with van der Waals surface area (Å²) in [5.41, 5.74) is 10.6. The van der Waals surface area contributed by atoms with Crippen LogP contribution in [-0.4, -0.2) is 79.8 Å². The second kappa shape index (κ2) is 13.7. The molecule has 2 saturated heterocycles. The number of guanidine groups is 1. The third-order valence-electron chi connectivity index (χ3n) is 4.61. The molecule has 0 radical (unpaired) electrons. The van der Waals surface area contributed by atoms with E-state index in [0.29, 0.717) is 45.2 Å². The summed E-state index contributed by atoms with van der Waals surface area (Å²) < 4.78 is 0. The van der Waals surface area contributed by atoms with Gasteiger partial charge in [0.15, 0.2) is 5.96 Å². The van der Waals surface area contributed by atoms with Crippen LogP contribution in [0.5, 0.6) is 0 Å². The predicted molar refractivity (Wildman–Crippen MR) is 112 cm³/mol. The van der Waals surface area contributed by atoms with Crippen LogP contribution in [0.15, 0.2) is 4.99 Å². The van der Waals surface area contributed by atoms with Crippen molar-refractivity contribution in [1.29, 1.82) is 0 Å². The summed E-state index contributed by atoms with van der Waals surface area (Å²) in [7, 11) is 0. The van der Waals surface area contributed by atoms with Gasteiger partial charge in [-0.1, -0.05) is 0 Å². The van der Waals surface area contributed by atoms with E-state index in [1.54, 1.807) is 0 Å². The maximum Gasteiger partial charge on any atom is 0.248 e. The SMILES string of the molecule is Cl.Cl.NC(N)=NCCC[C@@H](C=O)N(C(=O)C1CNCCN1)C(=O)[C@@H]1CCCN1. The molecule has 0 aliphatic carbocycles. The first-order valence-electron chi connectivity index (χ1n) is 9.09.